The third-order valence-corrected chi connectivity index (χ3v) is 5.46. The van der Waals surface area contributed by atoms with Crippen LogP contribution in [0.15, 0.2) is 45.5 Å². The van der Waals surface area contributed by atoms with Crippen molar-refractivity contribution in [2.75, 3.05) is 13.1 Å². The molecule has 6 nitrogen and oxygen atoms in total. The first-order chi connectivity index (χ1) is 14.0. The van der Waals surface area contributed by atoms with Crippen LogP contribution in [0.25, 0.3) is 0 Å². The van der Waals surface area contributed by atoms with E-state index in [-0.39, 0.29) is 17.7 Å². The molecule has 0 bridgehead atoms. The fourth-order valence-electron chi connectivity index (χ4n) is 3.62. The monoisotopic (exact) mass is 413 g/mol. The van der Waals surface area contributed by atoms with Crippen molar-refractivity contribution in [3.63, 3.8) is 0 Å². The van der Waals surface area contributed by atoms with Gasteiger partial charge in [0, 0.05) is 30.6 Å². The van der Waals surface area contributed by atoms with Gasteiger partial charge in [-0.05, 0) is 36.5 Å². The summed E-state index contributed by atoms with van der Waals surface area (Å²) in [4.78, 5) is 19.1. The second kappa shape index (κ2) is 8.41. The van der Waals surface area contributed by atoms with E-state index in [9.17, 15) is 4.79 Å². The Kier molecular flexibility index (Phi) is 5.72. The van der Waals surface area contributed by atoms with E-state index in [1.54, 1.807) is 17.2 Å². The van der Waals surface area contributed by atoms with Gasteiger partial charge < -0.3 is 13.8 Å². The molecule has 0 aliphatic carbocycles. The molecule has 0 spiro atoms. The van der Waals surface area contributed by atoms with E-state index >= 15 is 0 Å². The molecule has 1 unspecified atom stereocenters. The van der Waals surface area contributed by atoms with E-state index in [2.05, 4.69) is 10.1 Å². The molecule has 1 amide bonds. The molecule has 1 atom stereocenters. The van der Waals surface area contributed by atoms with Crippen LogP contribution in [0, 0.1) is 0 Å². The number of oxazole rings is 1. The number of amides is 1. The van der Waals surface area contributed by atoms with Crippen LogP contribution in [-0.2, 0) is 6.42 Å². The van der Waals surface area contributed by atoms with Crippen LogP contribution in [0.4, 0.5) is 0 Å². The van der Waals surface area contributed by atoms with Gasteiger partial charge in [-0.2, -0.15) is 0 Å². The highest BCUT2D eigenvalue weighted by Gasteiger charge is 2.30. The van der Waals surface area contributed by atoms with Gasteiger partial charge in [0.05, 0.1) is 17.8 Å². The van der Waals surface area contributed by atoms with Crippen molar-refractivity contribution in [1.82, 2.24) is 15.0 Å². The van der Waals surface area contributed by atoms with Gasteiger partial charge in [-0.3, -0.25) is 4.79 Å². The first-order valence-corrected chi connectivity index (χ1v) is 10.3. The minimum atomic E-state index is -0.125. The molecule has 1 fully saturated rings. The molecule has 7 heteroatoms. The lowest BCUT2D eigenvalue weighted by atomic mass is 9.97. The lowest BCUT2D eigenvalue weighted by molar-refractivity contribution is 0.0656. The molecule has 1 aliphatic rings. The summed E-state index contributed by atoms with van der Waals surface area (Å²) < 4.78 is 11.3. The summed E-state index contributed by atoms with van der Waals surface area (Å²) in [6.45, 7) is 5.30. The molecular weight excluding hydrogens is 390 g/mol. The second-order valence-corrected chi connectivity index (χ2v) is 8.27. The first-order valence-electron chi connectivity index (χ1n) is 9.94. The Morgan fingerprint density at radius 2 is 2.21 bits per heavy atom. The van der Waals surface area contributed by atoms with Crippen LogP contribution in [-0.4, -0.2) is 34.0 Å². The Labute approximate surface area is 174 Å². The normalized spacial score (nSPS) is 17.1. The summed E-state index contributed by atoms with van der Waals surface area (Å²) in [5, 5.41) is 4.70. The summed E-state index contributed by atoms with van der Waals surface area (Å²) in [7, 11) is 0. The molecule has 3 aromatic rings. The maximum absolute atomic E-state index is 12.8. The molecule has 4 rings (SSSR count). The first kappa shape index (κ1) is 19.7. The summed E-state index contributed by atoms with van der Waals surface area (Å²) in [6.07, 6.45) is 4.24. The van der Waals surface area contributed by atoms with Gasteiger partial charge in [0.15, 0.2) is 5.89 Å². The zero-order chi connectivity index (χ0) is 20.4. The molecule has 0 N–H and O–H groups in total. The van der Waals surface area contributed by atoms with Crippen LogP contribution >= 0.6 is 11.6 Å². The highest BCUT2D eigenvalue weighted by atomic mass is 35.5. The van der Waals surface area contributed by atoms with Crippen molar-refractivity contribution in [2.45, 2.75) is 44.9 Å². The molecule has 1 aromatic carbocycles. The predicted octanol–water partition coefficient (Wildman–Crippen LogP) is 5.05. The van der Waals surface area contributed by atoms with E-state index in [0.717, 1.165) is 29.9 Å². The Hall–Kier alpha value is -2.60. The molecule has 2 aromatic heterocycles. The topological polar surface area (TPSA) is 72.4 Å². The Bertz CT molecular complexity index is 995. The number of likely N-dealkylation sites (tertiary alicyclic amines) is 1. The van der Waals surface area contributed by atoms with Crippen LogP contribution in [0.2, 0.25) is 5.02 Å². The van der Waals surface area contributed by atoms with Crippen LogP contribution < -0.4 is 0 Å². The Morgan fingerprint density at radius 3 is 2.97 bits per heavy atom. The van der Waals surface area contributed by atoms with E-state index < -0.39 is 0 Å². The van der Waals surface area contributed by atoms with Crippen LogP contribution in [0.1, 0.15) is 72.0 Å². The quantitative estimate of drug-likeness (QED) is 0.585. The summed E-state index contributed by atoms with van der Waals surface area (Å²) >= 11 is 6.06. The van der Waals surface area contributed by atoms with Gasteiger partial charge in [0.25, 0.3) is 5.91 Å². The number of benzene rings is 1. The lowest BCUT2D eigenvalue weighted by Gasteiger charge is -2.30. The van der Waals surface area contributed by atoms with Gasteiger partial charge in [-0.15, -0.1) is 0 Å². The number of hydrogen-bond acceptors (Lipinski definition) is 5. The average molecular weight is 414 g/mol. The largest absolute Gasteiger partial charge is 0.445 e. The van der Waals surface area contributed by atoms with Crippen LogP contribution in [0.5, 0.6) is 0 Å². The minimum Gasteiger partial charge on any atom is -0.445 e. The highest BCUT2D eigenvalue weighted by Crippen LogP contribution is 2.28. The van der Waals surface area contributed by atoms with Crippen molar-refractivity contribution < 1.29 is 13.7 Å². The van der Waals surface area contributed by atoms with Crippen molar-refractivity contribution in [3.8, 4) is 0 Å². The lowest BCUT2D eigenvalue weighted by Crippen LogP contribution is -2.39. The van der Waals surface area contributed by atoms with E-state index in [4.69, 9.17) is 20.5 Å². The third-order valence-electron chi connectivity index (χ3n) is 5.23. The predicted molar refractivity (Wildman–Crippen MR) is 109 cm³/mol. The molecular formula is C22H24ClN3O3. The number of aromatic nitrogens is 2. The zero-order valence-corrected chi connectivity index (χ0v) is 17.4. The number of carbonyl (C=O) groups is 1. The number of rotatable bonds is 5. The second-order valence-electron chi connectivity index (χ2n) is 7.83. The summed E-state index contributed by atoms with van der Waals surface area (Å²) in [5.74, 6) is 1.94. The van der Waals surface area contributed by atoms with Crippen molar-refractivity contribution in [1.29, 1.82) is 0 Å². The van der Waals surface area contributed by atoms with E-state index in [1.165, 1.54) is 0 Å². The number of piperidine rings is 1. The van der Waals surface area contributed by atoms with Crippen LogP contribution in [0.3, 0.4) is 0 Å². The third kappa shape index (κ3) is 4.53. The Balaban J connectivity index is 1.43. The fourth-order valence-corrected chi connectivity index (χ4v) is 3.83. The maximum Gasteiger partial charge on any atom is 0.292 e. The zero-order valence-electron chi connectivity index (χ0n) is 16.6. The van der Waals surface area contributed by atoms with Gasteiger partial charge in [-0.1, -0.05) is 42.7 Å². The molecule has 29 heavy (non-hydrogen) atoms. The number of nitrogens with zero attached hydrogens (tertiary/aromatic N) is 3. The summed E-state index contributed by atoms with van der Waals surface area (Å²) in [5.41, 5.74) is 1.87. The van der Waals surface area contributed by atoms with Crippen molar-refractivity contribution in [3.05, 3.63) is 70.2 Å². The van der Waals surface area contributed by atoms with Gasteiger partial charge in [0.2, 0.25) is 5.76 Å². The Morgan fingerprint density at radius 1 is 1.34 bits per heavy atom. The van der Waals surface area contributed by atoms with Gasteiger partial charge >= 0.3 is 0 Å². The molecule has 152 valence electrons. The molecule has 1 saturated heterocycles. The number of halogens is 1. The van der Waals surface area contributed by atoms with Gasteiger partial charge in [-0.25, -0.2) is 4.98 Å². The fraction of sp³-hybridized carbons (Fsp3) is 0.409. The van der Waals surface area contributed by atoms with E-state index in [0.29, 0.717) is 36.2 Å². The number of carbonyl (C=O) groups excluding carboxylic acids is 1. The highest BCUT2D eigenvalue weighted by molar-refractivity contribution is 6.30. The molecule has 0 saturated carbocycles. The van der Waals surface area contributed by atoms with Crippen molar-refractivity contribution >= 4 is 17.5 Å². The van der Waals surface area contributed by atoms with Gasteiger partial charge in [0.1, 0.15) is 5.76 Å². The summed E-state index contributed by atoms with van der Waals surface area (Å²) in [6, 6.07) is 9.45. The standard InChI is InChI=1S/C22H24ClN3O3/c1-14(2)19-11-20(29-25-19)22(27)26-8-4-6-16(13-26)21-24-12-18(28-21)10-15-5-3-7-17(23)9-15/h3,5,7,9,11-12,14,16H,4,6,8,10,13H2,1-2H3. The average Bonchev–Trinajstić information content (AvgIpc) is 3.37. The van der Waals surface area contributed by atoms with E-state index in [1.807, 2.05) is 38.1 Å². The smallest absolute Gasteiger partial charge is 0.292 e. The molecule has 0 radical (unpaired) electrons. The molecule has 1 aliphatic heterocycles. The van der Waals surface area contributed by atoms with Crippen molar-refractivity contribution in [2.24, 2.45) is 0 Å². The SMILES string of the molecule is CC(C)c1cc(C(=O)N2CCCC(c3ncc(Cc4cccc(Cl)c4)o3)C2)on1. The molecule has 3 heterocycles. The number of hydrogen-bond donors (Lipinski definition) is 0. The minimum absolute atomic E-state index is 0.0771. The maximum atomic E-state index is 12.8.